The van der Waals surface area contributed by atoms with E-state index in [2.05, 4.69) is 45.2 Å². The Hall–Kier alpha value is -1.74. The van der Waals surface area contributed by atoms with Crippen molar-refractivity contribution >= 4 is 18.4 Å². The molecule has 0 heterocycles. The van der Waals surface area contributed by atoms with E-state index in [1.165, 1.54) is 56.3 Å². The predicted molar refractivity (Wildman–Crippen MR) is 143 cm³/mol. The topological polar surface area (TPSA) is 43.1 Å². The van der Waals surface area contributed by atoms with Gasteiger partial charge in [0, 0.05) is 0 Å². The number of hydrogen-bond acceptors (Lipinski definition) is 2. The summed E-state index contributed by atoms with van der Waals surface area (Å²) in [6.45, 7) is 21.4. The zero-order chi connectivity index (χ0) is 25.5. The van der Waals surface area contributed by atoms with Crippen LogP contribution in [-0.4, -0.2) is 19.0 Å². The van der Waals surface area contributed by atoms with Gasteiger partial charge in [-0.3, -0.25) is 0 Å². The number of alkyl halides is 1. The largest absolute Gasteiger partial charge is 0.333 e. The summed E-state index contributed by atoms with van der Waals surface area (Å²) in [7, 11) is 1.50. The Kier molecular flexibility index (Phi) is 17.1. The van der Waals surface area contributed by atoms with Crippen molar-refractivity contribution in [1.82, 2.24) is 0 Å². The predicted octanol–water partition coefficient (Wildman–Crippen LogP) is 8.14. The number of carbonyl (C=O) groups excluding carboxylic acids is 1. The van der Waals surface area contributed by atoms with E-state index in [4.69, 9.17) is 4.79 Å². The Balaban J connectivity index is 0. The fourth-order valence-corrected chi connectivity index (χ4v) is 3.48. The number of carbonyl (C=O) groups is 1. The molecule has 1 saturated carbocycles. The average molecular weight is 448 g/mol. The third-order valence-electron chi connectivity index (χ3n) is 5.66. The number of fused-ring (bicyclic) bond motifs is 1. The van der Waals surface area contributed by atoms with Crippen LogP contribution in [0.3, 0.4) is 0 Å². The van der Waals surface area contributed by atoms with Crippen LogP contribution >= 0.6 is 0 Å². The number of rotatable bonds is 4. The van der Waals surface area contributed by atoms with Gasteiger partial charge in [-0.25, -0.2) is 4.39 Å². The van der Waals surface area contributed by atoms with Crippen LogP contribution in [0.1, 0.15) is 102 Å². The molecule has 1 atom stereocenters. The molecule has 184 valence electrons. The van der Waals surface area contributed by atoms with Crippen LogP contribution < -0.4 is 5.73 Å². The molecule has 0 bridgehead atoms. The van der Waals surface area contributed by atoms with Gasteiger partial charge in [0.25, 0.3) is 0 Å². The molecule has 3 heteroatoms. The fourth-order valence-electron chi connectivity index (χ4n) is 3.48. The molecule has 1 fully saturated rings. The average Bonchev–Trinajstić information content (AvgIpc) is 3.55. The molecule has 2 aliphatic rings. The number of halogens is 1. The van der Waals surface area contributed by atoms with Gasteiger partial charge in [0.05, 0.1) is 0 Å². The summed E-state index contributed by atoms with van der Waals surface area (Å²) >= 11 is 0. The number of nitrogens with two attached hydrogens (primary N) is 1. The molecule has 0 radical (unpaired) electrons. The summed E-state index contributed by atoms with van der Waals surface area (Å²) < 4.78 is 12.1. The van der Waals surface area contributed by atoms with Gasteiger partial charge in [0.15, 0.2) is 0 Å². The molecule has 0 amide bonds. The van der Waals surface area contributed by atoms with Crippen molar-refractivity contribution < 1.29 is 9.18 Å². The van der Waals surface area contributed by atoms with Gasteiger partial charge < -0.3 is 10.5 Å². The molecule has 3 rings (SSSR count). The first-order chi connectivity index (χ1) is 15.1. The van der Waals surface area contributed by atoms with Crippen LogP contribution in [0.15, 0.2) is 18.2 Å². The van der Waals surface area contributed by atoms with E-state index in [1.807, 2.05) is 26.8 Å². The second-order valence-corrected chi connectivity index (χ2v) is 8.83. The molecule has 0 aliphatic heterocycles. The van der Waals surface area contributed by atoms with Crippen molar-refractivity contribution in [2.45, 2.75) is 100 Å². The van der Waals surface area contributed by atoms with Crippen molar-refractivity contribution in [2.75, 3.05) is 7.05 Å². The quantitative estimate of drug-likeness (QED) is 0.473. The molecule has 32 heavy (non-hydrogen) atoms. The Bertz CT molecular complexity index is 709. The Morgan fingerprint density at radius 2 is 1.72 bits per heavy atom. The third-order valence-corrected chi connectivity index (χ3v) is 5.66. The van der Waals surface area contributed by atoms with Crippen molar-refractivity contribution in [2.24, 2.45) is 17.6 Å². The minimum atomic E-state index is -0.958. The molecule has 2 nitrogen and oxygen atoms in total. The van der Waals surface area contributed by atoms with Gasteiger partial charge in [-0.05, 0) is 113 Å². The molecule has 0 saturated heterocycles. The maximum atomic E-state index is 12.1. The third kappa shape index (κ3) is 11.8. The van der Waals surface area contributed by atoms with Crippen molar-refractivity contribution in [3.8, 4) is 0 Å². The maximum absolute atomic E-state index is 12.1. The van der Waals surface area contributed by atoms with E-state index >= 15 is 0 Å². The lowest BCUT2D eigenvalue weighted by atomic mass is 9.92. The van der Waals surface area contributed by atoms with Gasteiger partial charge in [-0.1, -0.05) is 58.1 Å². The summed E-state index contributed by atoms with van der Waals surface area (Å²) in [5.41, 5.74) is 12.5. The van der Waals surface area contributed by atoms with E-state index in [9.17, 15) is 4.39 Å². The van der Waals surface area contributed by atoms with Gasteiger partial charge >= 0.3 is 0 Å². The van der Waals surface area contributed by atoms with Gasteiger partial charge in [0.1, 0.15) is 12.0 Å². The van der Waals surface area contributed by atoms with E-state index in [-0.39, 0.29) is 0 Å². The zero-order valence-electron chi connectivity index (χ0n) is 22.6. The molecular weight excluding hydrogens is 397 g/mol. The first-order valence-electron chi connectivity index (χ1n) is 12.2. The molecular formula is C29H50FNO. The lowest BCUT2D eigenvalue weighted by molar-refractivity contribution is -0.106. The van der Waals surface area contributed by atoms with E-state index in [0.29, 0.717) is 6.42 Å². The summed E-state index contributed by atoms with van der Waals surface area (Å²) in [4.78, 5) is 8.81. The van der Waals surface area contributed by atoms with E-state index < -0.39 is 5.67 Å². The Morgan fingerprint density at radius 1 is 1.25 bits per heavy atom. The van der Waals surface area contributed by atoms with Crippen LogP contribution in [0.25, 0.3) is 12.2 Å². The smallest absolute Gasteiger partial charge is 0.116 e. The molecule has 1 unspecified atom stereocenters. The summed E-state index contributed by atoms with van der Waals surface area (Å²) in [6.07, 6.45) is 11.1. The normalized spacial score (nSPS) is 16.4. The molecule has 1 aromatic rings. The standard InChI is InChI=1S/C19H24.C5H11F.C2H4O.C2H6.CH5N/c1-5-15-11-17-8-12(2)9-18(17)14(4)19(15)10-13(3)16-6-7-16;1-4-5(2,3)6;1-2-3;2*1-2/h5,10-12,16H,1,6-9H2,2-4H3;4H2,1-3H3;2H,1H3;1-2H3;2H2,1H3/b13-10+;;;;. The first-order valence-corrected chi connectivity index (χ1v) is 12.2. The highest BCUT2D eigenvalue weighted by Gasteiger charge is 2.25. The highest BCUT2D eigenvalue weighted by Crippen LogP contribution is 2.39. The summed E-state index contributed by atoms with van der Waals surface area (Å²) in [5.74, 6) is 1.65. The molecule has 2 aliphatic carbocycles. The maximum Gasteiger partial charge on any atom is 0.116 e. The van der Waals surface area contributed by atoms with Crippen LogP contribution in [0.2, 0.25) is 0 Å². The van der Waals surface area contributed by atoms with Gasteiger partial charge in [-0.15, -0.1) is 0 Å². The number of benzene rings is 1. The number of aldehydes is 1. The highest BCUT2D eigenvalue weighted by molar-refractivity contribution is 5.71. The lowest BCUT2D eigenvalue weighted by Crippen LogP contribution is -2.07. The monoisotopic (exact) mass is 447 g/mol. The van der Waals surface area contributed by atoms with E-state index in [1.54, 1.807) is 30.5 Å². The second kappa shape index (κ2) is 16.8. The summed E-state index contributed by atoms with van der Waals surface area (Å²) in [5, 5.41) is 0. The van der Waals surface area contributed by atoms with E-state index in [0.717, 1.165) is 18.1 Å². The van der Waals surface area contributed by atoms with Gasteiger partial charge in [-0.2, -0.15) is 0 Å². The van der Waals surface area contributed by atoms with Crippen molar-refractivity contribution in [3.63, 3.8) is 0 Å². The highest BCUT2D eigenvalue weighted by atomic mass is 19.1. The number of allylic oxidation sites excluding steroid dienone is 1. The van der Waals surface area contributed by atoms with Crippen LogP contribution in [-0.2, 0) is 17.6 Å². The second-order valence-electron chi connectivity index (χ2n) is 8.83. The summed E-state index contributed by atoms with van der Waals surface area (Å²) in [6, 6.07) is 2.38. The zero-order valence-corrected chi connectivity index (χ0v) is 22.6. The van der Waals surface area contributed by atoms with Crippen LogP contribution in [0.5, 0.6) is 0 Å². The molecule has 2 N–H and O–H groups in total. The lowest BCUT2D eigenvalue weighted by Gasteiger charge is -2.13. The minimum absolute atomic E-state index is 0.604. The molecule has 0 aromatic heterocycles. The molecule has 0 spiro atoms. The minimum Gasteiger partial charge on any atom is -0.333 e. The Labute approximate surface area is 198 Å². The first kappa shape index (κ1) is 32.4. The van der Waals surface area contributed by atoms with Crippen molar-refractivity contribution in [1.29, 1.82) is 0 Å². The Morgan fingerprint density at radius 3 is 2.09 bits per heavy atom. The van der Waals surface area contributed by atoms with Gasteiger partial charge in [0.2, 0.25) is 0 Å². The van der Waals surface area contributed by atoms with Crippen LogP contribution in [0.4, 0.5) is 4.39 Å². The SMILES string of the molecule is C=Cc1cc2c(c(C)c1/C=C(\C)C1CC1)CC(C)C2.CC.CC=O.CCC(C)(C)F.CN. The van der Waals surface area contributed by atoms with Crippen LogP contribution in [0, 0.1) is 18.8 Å². The fraction of sp³-hybridized carbons (Fsp3) is 0.621. The van der Waals surface area contributed by atoms with Crippen molar-refractivity contribution in [3.05, 3.63) is 46.0 Å². The number of hydrogen-bond donors (Lipinski definition) is 1. The molecule has 1 aromatic carbocycles.